The molecule has 7 nitrogen and oxygen atoms in total. The number of aliphatic hydroxyl groups excluding tert-OH is 1. The van der Waals surface area contributed by atoms with Gasteiger partial charge in [0.15, 0.2) is 11.9 Å². The zero-order valence-electron chi connectivity index (χ0n) is 22.8. The van der Waals surface area contributed by atoms with Crippen molar-refractivity contribution in [3.05, 3.63) is 52.1 Å². The highest BCUT2D eigenvalue weighted by Crippen LogP contribution is 2.73. The molecule has 2 bridgehead atoms. The summed E-state index contributed by atoms with van der Waals surface area (Å²) in [6.07, 6.45) is 2.02. The second kappa shape index (κ2) is 8.07. The number of aliphatic hydroxyl groups is 2. The number of nitrogen functional groups attached to an aromatic ring is 1. The van der Waals surface area contributed by atoms with E-state index in [1.54, 1.807) is 18.2 Å². The van der Waals surface area contributed by atoms with Crippen LogP contribution in [0.2, 0.25) is 5.02 Å². The van der Waals surface area contributed by atoms with E-state index in [9.17, 15) is 15.0 Å². The van der Waals surface area contributed by atoms with Gasteiger partial charge < -0.3 is 30.2 Å². The highest BCUT2D eigenvalue weighted by Gasteiger charge is 2.77. The molecule has 8 heteroatoms. The number of fused-ring (bicyclic) bond motifs is 5. The molecule has 1 aromatic carbocycles. The van der Waals surface area contributed by atoms with Crippen molar-refractivity contribution in [1.82, 2.24) is 0 Å². The minimum Gasteiger partial charge on any atom is -0.451 e. The molecule has 3 fully saturated rings. The fraction of sp³-hybridized carbons (Fsp3) is 0.633. The number of ether oxygens (including phenoxy) is 3. The van der Waals surface area contributed by atoms with E-state index in [0.29, 0.717) is 11.5 Å². The van der Waals surface area contributed by atoms with E-state index in [0.717, 1.165) is 12.0 Å². The van der Waals surface area contributed by atoms with E-state index >= 15 is 0 Å². The van der Waals surface area contributed by atoms with Crippen molar-refractivity contribution >= 4 is 23.3 Å². The van der Waals surface area contributed by atoms with Crippen LogP contribution in [0.15, 0.2) is 41.5 Å². The lowest BCUT2D eigenvalue weighted by molar-refractivity contribution is -0.312. The van der Waals surface area contributed by atoms with Gasteiger partial charge in [0.25, 0.3) is 0 Å². The van der Waals surface area contributed by atoms with Crippen LogP contribution in [-0.4, -0.2) is 52.5 Å². The van der Waals surface area contributed by atoms with Gasteiger partial charge in [0.1, 0.15) is 17.3 Å². The van der Waals surface area contributed by atoms with Crippen LogP contribution in [-0.2, 0) is 14.2 Å². The van der Waals surface area contributed by atoms with E-state index in [4.69, 9.17) is 31.5 Å². The summed E-state index contributed by atoms with van der Waals surface area (Å²) in [6.45, 7) is 12.3. The molecule has 2 saturated carbocycles. The fourth-order valence-electron chi connectivity index (χ4n) is 8.53. The number of esters is 1. The Bertz CT molecular complexity index is 1250. The summed E-state index contributed by atoms with van der Waals surface area (Å²) in [6, 6.07) is 4.82. The molecule has 0 radical (unpaired) electrons. The molecule has 4 N–H and O–H groups in total. The molecule has 1 heterocycles. The van der Waals surface area contributed by atoms with Crippen molar-refractivity contribution in [2.75, 3.05) is 12.3 Å². The molecule has 1 saturated heterocycles. The summed E-state index contributed by atoms with van der Waals surface area (Å²) in [5, 5.41) is 25.6. The number of hydrogen-bond donors (Lipinski definition) is 3. The van der Waals surface area contributed by atoms with Crippen molar-refractivity contribution in [2.24, 2.45) is 34.5 Å². The van der Waals surface area contributed by atoms with E-state index in [-0.39, 0.29) is 46.0 Å². The predicted octanol–water partition coefficient (Wildman–Crippen LogP) is 4.51. The highest BCUT2D eigenvalue weighted by molar-refractivity contribution is 6.34. The molecular formula is C30H38ClNO6. The Morgan fingerprint density at radius 2 is 1.95 bits per heavy atom. The van der Waals surface area contributed by atoms with Crippen molar-refractivity contribution < 1.29 is 29.2 Å². The summed E-state index contributed by atoms with van der Waals surface area (Å²) in [5.41, 5.74) is 4.97. The van der Waals surface area contributed by atoms with Gasteiger partial charge in [-0.1, -0.05) is 50.6 Å². The van der Waals surface area contributed by atoms with Crippen molar-refractivity contribution in [2.45, 2.75) is 77.7 Å². The zero-order valence-corrected chi connectivity index (χ0v) is 23.6. The van der Waals surface area contributed by atoms with Gasteiger partial charge in [-0.05, 0) is 73.6 Å². The smallest absolute Gasteiger partial charge is 0.342 e. The fourth-order valence-corrected chi connectivity index (χ4v) is 8.79. The molecule has 1 aliphatic heterocycles. The van der Waals surface area contributed by atoms with Crippen LogP contribution >= 0.6 is 11.6 Å². The van der Waals surface area contributed by atoms with Crippen LogP contribution < -0.4 is 5.73 Å². The lowest BCUT2D eigenvalue weighted by Gasteiger charge is -2.55. The molecule has 9 atom stereocenters. The minimum absolute atomic E-state index is 0.0551. The maximum Gasteiger partial charge on any atom is 0.342 e. The van der Waals surface area contributed by atoms with Crippen LogP contribution in [0.3, 0.4) is 0 Å². The number of benzene rings is 1. The third kappa shape index (κ3) is 3.26. The summed E-state index contributed by atoms with van der Waals surface area (Å²) in [4.78, 5) is 13.6. The van der Waals surface area contributed by atoms with Crippen LogP contribution in [0, 0.1) is 34.5 Å². The molecule has 5 aliphatic rings. The van der Waals surface area contributed by atoms with Gasteiger partial charge in [-0.15, -0.1) is 0 Å². The second-order valence-electron chi connectivity index (χ2n) is 13.2. The maximum atomic E-state index is 13.6. The molecule has 38 heavy (non-hydrogen) atoms. The van der Waals surface area contributed by atoms with E-state index < -0.39 is 41.1 Å². The Kier molecular flexibility index (Phi) is 5.59. The van der Waals surface area contributed by atoms with Gasteiger partial charge in [-0.2, -0.15) is 0 Å². The number of rotatable bonds is 2. The molecular weight excluding hydrogens is 506 g/mol. The lowest BCUT2D eigenvalue weighted by atomic mass is 9.58. The SMILES string of the molecule is CC1=C[C@]23C(O)[C@@H](C=C4COC(C)(C)O[C@H]4[C@]2(O)[C@H]1OC(=O)c1c(N)cccc1Cl)[C@H]1[C@@H](C[C@H]3C)C1(C)C. The normalized spacial score (nSPS) is 43.9. The van der Waals surface area contributed by atoms with Gasteiger partial charge in [0, 0.05) is 11.6 Å². The van der Waals surface area contributed by atoms with Crippen LogP contribution in [0.25, 0.3) is 0 Å². The average Bonchev–Trinajstić information content (AvgIpc) is 3.31. The molecule has 206 valence electrons. The minimum atomic E-state index is -1.79. The molecule has 4 aliphatic carbocycles. The molecule has 0 aromatic heterocycles. The number of hydrogen-bond acceptors (Lipinski definition) is 7. The highest BCUT2D eigenvalue weighted by atomic mass is 35.5. The lowest BCUT2D eigenvalue weighted by Crippen LogP contribution is -2.69. The molecule has 6 rings (SSSR count). The predicted molar refractivity (Wildman–Crippen MR) is 143 cm³/mol. The Morgan fingerprint density at radius 1 is 1.24 bits per heavy atom. The average molecular weight is 544 g/mol. The molecule has 1 spiro atoms. The Balaban J connectivity index is 1.52. The zero-order chi connectivity index (χ0) is 27.6. The molecule has 1 aromatic rings. The number of anilines is 1. The third-order valence-corrected chi connectivity index (χ3v) is 10.7. The van der Waals surface area contributed by atoms with Crippen molar-refractivity contribution in [3.63, 3.8) is 0 Å². The summed E-state index contributed by atoms with van der Waals surface area (Å²) in [5.74, 6) is -1.35. The van der Waals surface area contributed by atoms with Crippen LogP contribution in [0.5, 0.6) is 0 Å². The molecule has 1 unspecified atom stereocenters. The monoisotopic (exact) mass is 543 g/mol. The van der Waals surface area contributed by atoms with Gasteiger partial charge in [0.2, 0.25) is 0 Å². The Labute approximate surface area is 229 Å². The molecule has 0 amide bonds. The first-order valence-corrected chi connectivity index (χ1v) is 13.9. The third-order valence-electron chi connectivity index (χ3n) is 10.4. The summed E-state index contributed by atoms with van der Waals surface area (Å²) in [7, 11) is 0. The maximum absolute atomic E-state index is 13.6. The van der Waals surface area contributed by atoms with Gasteiger partial charge in [-0.25, -0.2) is 4.79 Å². The quantitative estimate of drug-likeness (QED) is 0.286. The van der Waals surface area contributed by atoms with E-state index in [2.05, 4.69) is 26.8 Å². The number of halogens is 1. The van der Waals surface area contributed by atoms with Crippen molar-refractivity contribution in [1.29, 1.82) is 0 Å². The first-order chi connectivity index (χ1) is 17.7. The number of carbonyl (C=O) groups is 1. The summed E-state index contributed by atoms with van der Waals surface area (Å²) < 4.78 is 18.7. The van der Waals surface area contributed by atoms with Gasteiger partial charge >= 0.3 is 5.97 Å². The summed E-state index contributed by atoms with van der Waals surface area (Å²) >= 11 is 6.34. The van der Waals surface area contributed by atoms with Gasteiger partial charge in [-0.3, -0.25) is 0 Å². The topological polar surface area (TPSA) is 111 Å². The van der Waals surface area contributed by atoms with Crippen LogP contribution in [0.4, 0.5) is 5.69 Å². The number of nitrogens with two attached hydrogens (primary N) is 1. The van der Waals surface area contributed by atoms with Crippen LogP contribution in [0.1, 0.15) is 58.3 Å². The second-order valence-corrected chi connectivity index (χ2v) is 13.6. The Hall–Kier alpha value is -1.90. The first kappa shape index (κ1) is 26.3. The van der Waals surface area contributed by atoms with Gasteiger partial charge in [0.05, 0.1) is 23.1 Å². The standard InChI is InChI=1S/C30H38ClNO6/c1-14-12-29-15(2)10-18-22(27(18,3)4)17(23(29)33)11-16-13-36-28(5,6)38-25(16)30(29,35)24(14)37-26(34)21-19(31)8-7-9-20(21)32/h7-9,11-12,15,17-18,22-25,33,35H,10,13,32H2,1-6H3/t15-,17+,18-,22+,23?,24+,25-,29+,30-/m1/s1. The largest absolute Gasteiger partial charge is 0.451 e. The van der Waals surface area contributed by atoms with E-state index in [1.165, 1.54) is 0 Å². The first-order valence-electron chi connectivity index (χ1n) is 13.5. The number of carbonyl (C=O) groups excluding carboxylic acids is 1. The Morgan fingerprint density at radius 3 is 2.63 bits per heavy atom. The van der Waals surface area contributed by atoms with E-state index in [1.807, 2.05) is 26.8 Å². The van der Waals surface area contributed by atoms with Crippen molar-refractivity contribution in [3.8, 4) is 0 Å².